The van der Waals surface area contributed by atoms with Crippen LogP contribution >= 0.6 is 0 Å². The van der Waals surface area contributed by atoms with E-state index in [-0.39, 0.29) is 6.42 Å². The number of unbranched alkanes of at least 4 members (excludes halogenated alkanes) is 32. The molecule has 1 rings (SSSR count). The van der Waals surface area contributed by atoms with Crippen LogP contribution in [-0.4, -0.2) is 110 Å². The van der Waals surface area contributed by atoms with Crippen molar-refractivity contribution in [2.24, 2.45) is 0 Å². The maximum absolute atomic E-state index is 13.1. The third-order valence-corrected chi connectivity index (χ3v) is 13.8. The fraction of sp³-hybridized carbons (Fsp3) is 0.911. The van der Waals surface area contributed by atoms with Crippen LogP contribution in [0.1, 0.15) is 258 Å². The normalized spacial score (nSPS) is 20.8. The second-order valence-corrected chi connectivity index (χ2v) is 20.0. The first-order valence-electron chi connectivity index (χ1n) is 28.2. The summed E-state index contributed by atoms with van der Waals surface area (Å²) in [5, 5.41) is 76.1. The van der Waals surface area contributed by atoms with Crippen molar-refractivity contribution in [2.45, 2.75) is 313 Å². The average molecular weight is 954 g/mol. The van der Waals surface area contributed by atoms with Gasteiger partial charge >= 0.3 is 0 Å². The predicted octanol–water partition coefficient (Wildman–Crippen LogP) is 11.3. The number of carbonyl (C=O) groups excluding carboxylic acids is 1. The van der Waals surface area contributed by atoms with Crippen molar-refractivity contribution in [1.29, 1.82) is 0 Å². The van der Waals surface area contributed by atoms with E-state index in [0.717, 1.165) is 64.2 Å². The Morgan fingerprint density at radius 3 is 1.36 bits per heavy atom. The number of hydrogen-bond donors (Lipinski definition) is 8. The zero-order chi connectivity index (χ0) is 49.0. The predicted molar refractivity (Wildman–Crippen MR) is 275 cm³/mol. The molecule has 0 bridgehead atoms. The van der Waals surface area contributed by atoms with Crippen LogP contribution in [0.3, 0.4) is 0 Å². The molecule has 0 aromatic heterocycles. The number of hydrogen-bond acceptors (Lipinski definition) is 10. The Morgan fingerprint density at radius 2 is 0.910 bits per heavy atom. The van der Waals surface area contributed by atoms with Gasteiger partial charge < -0.3 is 50.5 Å². The lowest BCUT2D eigenvalue weighted by atomic mass is 9.98. The van der Waals surface area contributed by atoms with Gasteiger partial charge in [-0.3, -0.25) is 4.79 Å². The first-order valence-corrected chi connectivity index (χ1v) is 28.2. The zero-order valence-corrected chi connectivity index (χ0v) is 43.1. The molecule has 0 saturated carbocycles. The number of rotatable bonds is 48. The molecule has 9 unspecified atom stereocenters. The van der Waals surface area contributed by atoms with Gasteiger partial charge in [-0.2, -0.15) is 0 Å². The van der Waals surface area contributed by atoms with Crippen LogP contribution in [0.2, 0.25) is 0 Å². The van der Waals surface area contributed by atoms with Gasteiger partial charge in [0.25, 0.3) is 0 Å². The Morgan fingerprint density at radius 1 is 0.522 bits per heavy atom. The molecule has 67 heavy (non-hydrogen) atoms. The smallest absolute Gasteiger partial charge is 0.249 e. The molecule has 1 aliphatic heterocycles. The average Bonchev–Trinajstić information content (AvgIpc) is 3.33. The molecule has 0 radical (unpaired) electrons. The van der Waals surface area contributed by atoms with Crippen molar-refractivity contribution in [2.75, 3.05) is 13.2 Å². The van der Waals surface area contributed by atoms with Gasteiger partial charge in [-0.05, 0) is 44.9 Å². The van der Waals surface area contributed by atoms with Gasteiger partial charge in [0.15, 0.2) is 6.29 Å². The van der Waals surface area contributed by atoms with Crippen LogP contribution in [0.15, 0.2) is 24.3 Å². The first-order chi connectivity index (χ1) is 32.7. The van der Waals surface area contributed by atoms with Gasteiger partial charge in [-0.1, -0.05) is 237 Å². The molecule has 1 saturated heterocycles. The molecule has 8 N–H and O–H groups in total. The van der Waals surface area contributed by atoms with E-state index in [1.165, 1.54) is 154 Å². The molecule has 1 aliphatic rings. The number of carbonyl (C=O) groups is 1. The summed E-state index contributed by atoms with van der Waals surface area (Å²) >= 11 is 0. The third-order valence-electron chi connectivity index (χ3n) is 13.8. The highest BCUT2D eigenvalue weighted by Crippen LogP contribution is 2.23. The molecule has 1 fully saturated rings. The van der Waals surface area contributed by atoms with E-state index in [1.807, 2.05) is 0 Å². The summed E-state index contributed by atoms with van der Waals surface area (Å²) in [5.74, 6) is -0.703. The molecule has 396 valence electrons. The van der Waals surface area contributed by atoms with Crippen LogP contribution in [0.4, 0.5) is 0 Å². The van der Waals surface area contributed by atoms with E-state index in [2.05, 4.69) is 43.5 Å². The molecule has 0 aliphatic carbocycles. The molecule has 11 nitrogen and oxygen atoms in total. The van der Waals surface area contributed by atoms with E-state index in [9.17, 15) is 40.5 Å². The SMILES string of the molecule is CCCCC/C=C\C/C=C\CCCCCCCCC(O)C(=O)NC(COC1OC(CO)C(O)C(O)C1O)C(O)C(O)CCCCCCCCCCCCCCCCCCCCCCCCCC. The Bertz CT molecular complexity index is 1140. The summed E-state index contributed by atoms with van der Waals surface area (Å²) in [6.07, 6.45) is 42.2. The van der Waals surface area contributed by atoms with E-state index in [1.54, 1.807) is 0 Å². The van der Waals surface area contributed by atoms with Crippen LogP contribution in [0, 0.1) is 0 Å². The Hall–Kier alpha value is -1.41. The lowest BCUT2D eigenvalue weighted by Crippen LogP contribution is -2.60. The highest BCUT2D eigenvalue weighted by molar-refractivity contribution is 5.80. The zero-order valence-electron chi connectivity index (χ0n) is 43.1. The van der Waals surface area contributed by atoms with Crippen molar-refractivity contribution in [3.63, 3.8) is 0 Å². The van der Waals surface area contributed by atoms with E-state index >= 15 is 0 Å². The summed E-state index contributed by atoms with van der Waals surface area (Å²) in [5.41, 5.74) is 0. The summed E-state index contributed by atoms with van der Waals surface area (Å²) in [6, 6.07) is -1.17. The van der Waals surface area contributed by atoms with Gasteiger partial charge in [0.05, 0.1) is 25.4 Å². The number of ether oxygens (including phenoxy) is 2. The number of aliphatic hydroxyl groups excluding tert-OH is 7. The second-order valence-electron chi connectivity index (χ2n) is 20.0. The van der Waals surface area contributed by atoms with Gasteiger partial charge in [0.1, 0.15) is 36.6 Å². The molecule has 11 heteroatoms. The minimum atomic E-state index is -1.66. The van der Waals surface area contributed by atoms with Crippen molar-refractivity contribution >= 4 is 5.91 Å². The largest absolute Gasteiger partial charge is 0.394 e. The maximum Gasteiger partial charge on any atom is 0.249 e. The number of aliphatic hydroxyl groups is 7. The fourth-order valence-corrected chi connectivity index (χ4v) is 9.12. The van der Waals surface area contributed by atoms with Crippen LogP contribution in [0.5, 0.6) is 0 Å². The summed E-state index contributed by atoms with van der Waals surface area (Å²) in [4.78, 5) is 13.1. The van der Waals surface area contributed by atoms with Crippen LogP contribution < -0.4 is 5.32 Å². The number of nitrogens with one attached hydrogen (secondary N) is 1. The van der Waals surface area contributed by atoms with Crippen molar-refractivity contribution in [3.8, 4) is 0 Å². The minimum absolute atomic E-state index is 0.249. The third kappa shape index (κ3) is 34.5. The Labute approximate surface area is 410 Å². The molecular weight excluding hydrogens is 847 g/mol. The van der Waals surface area contributed by atoms with Crippen LogP contribution in [-0.2, 0) is 14.3 Å². The second kappa shape index (κ2) is 45.7. The molecule has 0 spiro atoms. The Kier molecular flexibility index (Phi) is 43.4. The lowest BCUT2D eigenvalue weighted by Gasteiger charge is -2.40. The number of amides is 1. The molecule has 0 aromatic carbocycles. The van der Waals surface area contributed by atoms with E-state index in [4.69, 9.17) is 9.47 Å². The summed E-state index contributed by atoms with van der Waals surface area (Å²) in [7, 11) is 0. The van der Waals surface area contributed by atoms with Gasteiger partial charge in [0.2, 0.25) is 5.91 Å². The summed E-state index contributed by atoms with van der Waals surface area (Å²) < 4.78 is 11.1. The highest BCUT2D eigenvalue weighted by Gasteiger charge is 2.44. The molecular formula is C56H107NO10. The van der Waals surface area contributed by atoms with Crippen molar-refractivity contribution in [1.82, 2.24) is 5.32 Å². The maximum atomic E-state index is 13.1. The van der Waals surface area contributed by atoms with Crippen molar-refractivity contribution < 1.29 is 50.0 Å². The molecule has 1 heterocycles. The van der Waals surface area contributed by atoms with Gasteiger partial charge in [-0.25, -0.2) is 0 Å². The van der Waals surface area contributed by atoms with E-state index in [0.29, 0.717) is 19.3 Å². The topological polar surface area (TPSA) is 189 Å². The standard InChI is InChI=1S/C56H107NO10/c1-3-5-7-9-11-13-15-17-19-21-22-23-24-25-26-27-28-30-31-33-35-37-39-41-43-48(59)51(61)47(46-66-56-54(64)53(63)52(62)50(45-58)67-56)57-55(65)49(60)44-42-40-38-36-34-32-29-20-18-16-14-12-10-8-6-4-2/h12,14,18,20,47-54,56,58-64H,3-11,13,15-17,19,21-46H2,1-2H3,(H,57,65)/b14-12-,20-18-. The highest BCUT2D eigenvalue weighted by atomic mass is 16.7. The minimum Gasteiger partial charge on any atom is -0.394 e. The molecule has 0 aromatic rings. The molecule has 1 amide bonds. The first kappa shape index (κ1) is 63.6. The van der Waals surface area contributed by atoms with Gasteiger partial charge in [0, 0.05) is 0 Å². The van der Waals surface area contributed by atoms with Crippen molar-refractivity contribution in [3.05, 3.63) is 24.3 Å². The van der Waals surface area contributed by atoms with E-state index < -0.39 is 74.2 Å². The summed E-state index contributed by atoms with van der Waals surface area (Å²) in [6.45, 7) is 3.44. The monoisotopic (exact) mass is 954 g/mol. The van der Waals surface area contributed by atoms with Gasteiger partial charge in [-0.15, -0.1) is 0 Å². The lowest BCUT2D eigenvalue weighted by molar-refractivity contribution is -0.303. The quantitative estimate of drug-likeness (QED) is 0.0215. The fourth-order valence-electron chi connectivity index (χ4n) is 9.12. The van der Waals surface area contributed by atoms with Crippen LogP contribution in [0.25, 0.3) is 0 Å². The Balaban J connectivity index is 2.31. The number of allylic oxidation sites excluding steroid dienone is 4. The molecule has 9 atom stereocenters.